The minimum Gasteiger partial charge on any atom is -0.396 e. The standard InChI is InChI=1S/C19H26O/c1-5-15(3)19(16(4)6-2)18(13-10-14-20)17-11-8-7-9-12-17/h5-9,11-12,20H,10,13-14H2,1-4H3/b15-5+,16-6+. The third-order valence-corrected chi connectivity index (χ3v) is 3.66. The van der Waals surface area contributed by atoms with E-state index in [1.807, 2.05) is 6.07 Å². The average molecular weight is 270 g/mol. The fourth-order valence-corrected chi connectivity index (χ4v) is 2.38. The van der Waals surface area contributed by atoms with E-state index >= 15 is 0 Å². The summed E-state index contributed by atoms with van der Waals surface area (Å²) >= 11 is 0. The summed E-state index contributed by atoms with van der Waals surface area (Å²) in [5.41, 5.74) is 6.47. The van der Waals surface area contributed by atoms with Crippen LogP contribution in [-0.4, -0.2) is 11.7 Å². The number of aliphatic hydroxyl groups is 1. The predicted molar refractivity (Wildman–Crippen MR) is 88.5 cm³/mol. The quantitative estimate of drug-likeness (QED) is 0.709. The lowest BCUT2D eigenvalue weighted by molar-refractivity contribution is 0.290. The highest BCUT2D eigenvalue weighted by Crippen LogP contribution is 2.32. The molecule has 0 unspecified atom stereocenters. The smallest absolute Gasteiger partial charge is 0.0434 e. The molecule has 0 bridgehead atoms. The van der Waals surface area contributed by atoms with Gasteiger partial charge in [-0.3, -0.25) is 0 Å². The molecule has 1 aromatic carbocycles. The first-order valence-corrected chi connectivity index (χ1v) is 7.31. The second kappa shape index (κ2) is 8.55. The molecule has 20 heavy (non-hydrogen) atoms. The lowest BCUT2D eigenvalue weighted by Gasteiger charge is -2.17. The van der Waals surface area contributed by atoms with Gasteiger partial charge < -0.3 is 5.11 Å². The number of hydrogen-bond acceptors (Lipinski definition) is 1. The van der Waals surface area contributed by atoms with Crippen LogP contribution in [-0.2, 0) is 0 Å². The Hall–Kier alpha value is -1.60. The molecule has 0 aliphatic carbocycles. The Morgan fingerprint density at radius 2 is 1.55 bits per heavy atom. The van der Waals surface area contributed by atoms with Crippen LogP contribution in [0.1, 0.15) is 46.1 Å². The molecule has 0 aliphatic rings. The third-order valence-electron chi connectivity index (χ3n) is 3.66. The second-order valence-corrected chi connectivity index (χ2v) is 4.99. The summed E-state index contributed by atoms with van der Waals surface area (Å²) < 4.78 is 0. The Morgan fingerprint density at radius 1 is 1.00 bits per heavy atom. The summed E-state index contributed by atoms with van der Waals surface area (Å²) in [4.78, 5) is 0. The predicted octanol–water partition coefficient (Wildman–Crippen LogP) is 5.15. The van der Waals surface area contributed by atoms with Crippen molar-refractivity contribution in [2.24, 2.45) is 0 Å². The molecule has 0 fully saturated rings. The molecule has 0 saturated heterocycles. The van der Waals surface area contributed by atoms with Crippen LogP contribution >= 0.6 is 0 Å². The highest BCUT2D eigenvalue weighted by atomic mass is 16.2. The Balaban J connectivity index is 3.46. The molecule has 1 N–H and O–H groups in total. The third kappa shape index (κ3) is 4.21. The molecule has 0 spiro atoms. The number of benzene rings is 1. The average Bonchev–Trinajstić information content (AvgIpc) is 2.50. The van der Waals surface area contributed by atoms with Crippen LogP contribution in [0.3, 0.4) is 0 Å². The first kappa shape index (κ1) is 16.5. The molecular formula is C19H26O. The lowest BCUT2D eigenvalue weighted by Crippen LogP contribution is -1.98. The van der Waals surface area contributed by atoms with Gasteiger partial charge in [-0.25, -0.2) is 0 Å². The van der Waals surface area contributed by atoms with Crippen molar-refractivity contribution in [3.8, 4) is 0 Å². The van der Waals surface area contributed by atoms with Crippen LogP contribution in [0.15, 0.2) is 59.2 Å². The zero-order chi connectivity index (χ0) is 15.0. The van der Waals surface area contributed by atoms with Gasteiger partial charge in [0.1, 0.15) is 0 Å². The zero-order valence-electron chi connectivity index (χ0n) is 13.1. The van der Waals surface area contributed by atoms with Gasteiger partial charge in [0.15, 0.2) is 0 Å². The molecule has 0 aliphatic heterocycles. The molecule has 1 nitrogen and oxygen atoms in total. The van der Waals surface area contributed by atoms with E-state index in [-0.39, 0.29) is 6.61 Å². The van der Waals surface area contributed by atoms with E-state index in [4.69, 9.17) is 0 Å². The maximum atomic E-state index is 9.18. The van der Waals surface area contributed by atoms with E-state index in [0.29, 0.717) is 0 Å². The Labute approximate surface area is 123 Å². The SMILES string of the molecule is C/C=C(\C)C(=C(CCCO)c1ccccc1)/C(C)=C/C. The summed E-state index contributed by atoms with van der Waals surface area (Å²) in [5, 5.41) is 9.18. The van der Waals surface area contributed by atoms with E-state index < -0.39 is 0 Å². The first-order chi connectivity index (χ1) is 9.65. The summed E-state index contributed by atoms with van der Waals surface area (Å²) in [6, 6.07) is 10.5. The van der Waals surface area contributed by atoms with Gasteiger partial charge >= 0.3 is 0 Å². The molecule has 0 saturated carbocycles. The molecule has 0 aromatic heterocycles. The van der Waals surface area contributed by atoms with Crippen LogP contribution in [0.25, 0.3) is 5.57 Å². The van der Waals surface area contributed by atoms with E-state index in [9.17, 15) is 5.11 Å². The summed E-state index contributed by atoms with van der Waals surface area (Å²) in [5.74, 6) is 0. The fraction of sp³-hybridized carbons (Fsp3) is 0.368. The van der Waals surface area contributed by atoms with Crippen LogP contribution in [0.5, 0.6) is 0 Å². The van der Waals surface area contributed by atoms with E-state index in [1.165, 1.54) is 27.9 Å². The van der Waals surface area contributed by atoms with Crippen molar-refractivity contribution < 1.29 is 5.11 Å². The molecule has 0 radical (unpaired) electrons. The maximum Gasteiger partial charge on any atom is 0.0434 e. The summed E-state index contributed by atoms with van der Waals surface area (Å²) in [6.07, 6.45) is 6.00. The summed E-state index contributed by atoms with van der Waals surface area (Å²) in [6.45, 7) is 8.70. The lowest BCUT2D eigenvalue weighted by atomic mass is 9.88. The van der Waals surface area contributed by atoms with Gasteiger partial charge in [-0.15, -0.1) is 0 Å². The molecule has 0 heterocycles. The fourth-order valence-electron chi connectivity index (χ4n) is 2.38. The molecule has 0 atom stereocenters. The highest BCUT2D eigenvalue weighted by molar-refractivity contribution is 5.76. The van der Waals surface area contributed by atoms with Crippen molar-refractivity contribution in [1.29, 1.82) is 0 Å². The van der Waals surface area contributed by atoms with Crippen LogP contribution in [0.4, 0.5) is 0 Å². The van der Waals surface area contributed by atoms with E-state index in [2.05, 4.69) is 64.1 Å². The second-order valence-electron chi connectivity index (χ2n) is 4.99. The van der Waals surface area contributed by atoms with Crippen LogP contribution < -0.4 is 0 Å². The van der Waals surface area contributed by atoms with Crippen LogP contribution in [0.2, 0.25) is 0 Å². The van der Waals surface area contributed by atoms with Crippen molar-refractivity contribution in [1.82, 2.24) is 0 Å². The van der Waals surface area contributed by atoms with Crippen molar-refractivity contribution in [2.75, 3.05) is 6.61 Å². The molecule has 0 amide bonds. The van der Waals surface area contributed by atoms with Crippen molar-refractivity contribution in [3.05, 3.63) is 64.8 Å². The molecular weight excluding hydrogens is 244 g/mol. The normalized spacial score (nSPS) is 12.4. The molecule has 1 rings (SSSR count). The van der Waals surface area contributed by atoms with E-state index in [1.54, 1.807) is 0 Å². The minimum atomic E-state index is 0.230. The Bertz CT molecular complexity index is 484. The van der Waals surface area contributed by atoms with Gasteiger partial charge in [0.25, 0.3) is 0 Å². The number of rotatable bonds is 6. The van der Waals surface area contributed by atoms with E-state index in [0.717, 1.165) is 12.8 Å². The summed E-state index contributed by atoms with van der Waals surface area (Å²) in [7, 11) is 0. The van der Waals surface area contributed by atoms with Gasteiger partial charge in [0.2, 0.25) is 0 Å². The highest BCUT2D eigenvalue weighted by Gasteiger charge is 2.12. The van der Waals surface area contributed by atoms with Gasteiger partial charge in [-0.05, 0) is 68.4 Å². The Kier molecular flexibility index (Phi) is 7.03. The Morgan fingerprint density at radius 3 is 2.00 bits per heavy atom. The molecule has 108 valence electrons. The van der Waals surface area contributed by atoms with Gasteiger partial charge in [0.05, 0.1) is 0 Å². The molecule has 1 heteroatoms. The topological polar surface area (TPSA) is 20.2 Å². The van der Waals surface area contributed by atoms with Gasteiger partial charge in [0, 0.05) is 6.61 Å². The number of aliphatic hydroxyl groups excluding tert-OH is 1. The minimum absolute atomic E-state index is 0.230. The largest absolute Gasteiger partial charge is 0.396 e. The molecule has 1 aromatic rings. The van der Waals surface area contributed by atoms with Crippen molar-refractivity contribution in [2.45, 2.75) is 40.5 Å². The van der Waals surface area contributed by atoms with Crippen LogP contribution in [0, 0.1) is 0 Å². The zero-order valence-corrected chi connectivity index (χ0v) is 13.1. The van der Waals surface area contributed by atoms with Gasteiger partial charge in [-0.1, -0.05) is 42.5 Å². The van der Waals surface area contributed by atoms with Crippen molar-refractivity contribution >= 4 is 5.57 Å². The first-order valence-electron chi connectivity index (χ1n) is 7.31. The monoisotopic (exact) mass is 270 g/mol. The van der Waals surface area contributed by atoms with Crippen molar-refractivity contribution in [3.63, 3.8) is 0 Å². The van der Waals surface area contributed by atoms with Gasteiger partial charge in [-0.2, -0.15) is 0 Å². The maximum absolute atomic E-state index is 9.18. The number of hydrogen-bond donors (Lipinski definition) is 1. The number of allylic oxidation sites excluding steroid dienone is 6.